The summed E-state index contributed by atoms with van der Waals surface area (Å²) >= 11 is 1.97. The number of thioether (sulfide) groups is 1. The van der Waals surface area contributed by atoms with Crippen LogP contribution in [0.25, 0.3) is 0 Å². The molecule has 1 unspecified atom stereocenters. The lowest BCUT2D eigenvalue weighted by molar-refractivity contribution is 0.343. The van der Waals surface area contributed by atoms with Gasteiger partial charge in [0.05, 0.1) is 11.9 Å². The fraction of sp³-hybridized carbons (Fsp3) is 0.667. The van der Waals surface area contributed by atoms with Gasteiger partial charge in [0.2, 0.25) is 0 Å². The highest BCUT2D eigenvalue weighted by Crippen LogP contribution is 2.49. The number of rotatable bonds is 1. The second kappa shape index (κ2) is 2.94. The standard InChI is InChI=1S/C9H14N2OS/c1-9(2)6(3-4-13-9)8-7(10)5-11-12-8/h5-6H,3-4,10H2,1-2H3. The van der Waals surface area contributed by atoms with E-state index in [2.05, 4.69) is 19.0 Å². The van der Waals surface area contributed by atoms with Crippen LogP contribution in [0, 0.1) is 0 Å². The van der Waals surface area contributed by atoms with Crippen LogP contribution in [0.4, 0.5) is 5.69 Å². The van der Waals surface area contributed by atoms with Gasteiger partial charge < -0.3 is 10.3 Å². The average Bonchev–Trinajstić information content (AvgIpc) is 2.56. The van der Waals surface area contributed by atoms with E-state index in [0.29, 0.717) is 11.6 Å². The van der Waals surface area contributed by atoms with Gasteiger partial charge in [-0.05, 0) is 26.0 Å². The lowest BCUT2D eigenvalue weighted by atomic mass is 9.90. The zero-order chi connectivity index (χ0) is 9.47. The number of nitrogen functional groups attached to an aromatic ring is 1. The summed E-state index contributed by atoms with van der Waals surface area (Å²) in [6, 6.07) is 0. The molecule has 2 rings (SSSR count). The third-order valence-corrected chi connectivity index (χ3v) is 4.13. The van der Waals surface area contributed by atoms with E-state index in [0.717, 1.165) is 12.2 Å². The van der Waals surface area contributed by atoms with Gasteiger partial charge in [0.1, 0.15) is 0 Å². The Kier molecular flexibility index (Phi) is 2.02. The third kappa shape index (κ3) is 1.43. The molecule has 0 aromatic carbocycles. The molecule has 13 heavy (non-hydrogen) atoms. The molecule has 4 heteroatoms. The normalized spacial score (nSPS) is 26.5. The smallest absolute Gasteiger partial charge is 0.164 e. The van der Waals surface area contributed by atoms with Gasteiger partial charge >= 0.3 is 0 Å². The molecule has 1 aliphatic heterocycles. The zero-order valence-electron chi connectivity index (χ0n) is 7.91. The maximum Gasteiger partial charge on any atom is 0.164 e. The molecule has 72 valence electrons. The summed E-state index contributed by atoms with van der Waals surface area (Å²) in [5, 5.41) is 3.72. The highest BCUT2D eigenvalue weighted by atomic mass is 32.2. The fourth-order valence-electron chi connectivity index (χ4n) is 1.86. The van der Waals surface area contributed by atoms with E-state index in [1.54, 1.807) is 6.20 Å². The number of anilines is 1. The first-order valence-corrected chi connectivity index (χ1v) is 5.44. The molecule has 1 aromatic heterocycles. The predicted octanol–water partition coefficient (Wildman–Crippen LogP) is 2.26. The molecule has 0 radical (unpaired) electrons. The van der Waals surface area contributed by atoms with E-state index >= 15 is 0 Å². The molecule has 0 bridgehead atoms. The summed E-state index contributed by atoms with van der Waals surface area (Å²) in [6.07, 6.45) is 2.73. The summed E-state index contributed by atoms with van der Waals surface area (Å²) in [6.45, 7) is 4.47. The van der Waals surface area contributed by atoms with Crippen LogP contribution in [0.1, 0.15) is 31.9 Å². The van der Waals surface area contributed by atoms with Crippen LogP contribution in [-0.2, 0) is 0 Å². The van der Waals surface area contributed by atoms with E-state index in [4.69, 9.17) is 10.3 Å². The average molecular weight is 198 g/mol. The fourth-order valence-corrected chi connectivity index (χ4v) is 3.16. The molecule has 1 aliphatic rings. The summed E-state index contributed by atoms with van der Waals surface area (Å²) < 4.78 is 5.43. The molecular weight excluding hydrogens is 184 g/mol. The molecule has 1 saturated heterocycles. The van der Waals surface area contributed by atoms with Crippen LogP contribution in [0.15, 0.2) is 10.7 Å². The Morgan fingerprint density at radius 3 is 2.92 bits per heavy atom. The van der Waals surface area contributed by atoms with Crippen LogP contribution in [-0.4, -0.2) is 15.7 Å². The second-order valence-corrected chi connectivity index (χ2v) is 5.69. The Balaban J connectivity index is 2.31. The zero-order valence-corrected chi connectivity index (χ0v) is 8.73. The van der Waals surface area contributed by atoms with Crippen LogP contribution in [0.3, 0.4) is 0 Å². The van der Waals surface area contributed by atoms with E-state index in [1.165, 1.54) is 5.75 Å². The molecule has 3 nitrogen and oxygen atoms in total. The van der Waals surface area contributed by atoms with Crippen LogP contribution in [0.2, 0.25) is 0 Å². The number of aromatic nitrogens is 1. The number of nitrogens with zero attached hydrogens (tertiary/aromatic N) is 1. The molecule has 0 spiro atoms. The maximum absolute atomic E-state index is 5.78. The SMILES string of the molecule is CC1(C)SCCC1c1oncc1N. The third-order valence-electron chi connectivity index (χ3n) is 2.66. The van der Waals surface area contributed by atoms with Crippen molar-refractivity contribution < 1.29 is 4.52 Å². The van der Waals surface area contributed by atoms with Crippen molar-refractivity contribution in [1.82, 2.24) is 5.16 Å². The number of hydrogen-bond donors (Lipinski definition) is 1. The molecular formula is C9H14N2OS. The van der Waals surface area contributed by atoms with Gasteiger partial charge in [-0.25, -0.2) is 0 Å². The minimum absolute atomic E-state index is 0.230. The van der Waals surface area contributed by atoms with Crippen molar-refractivity contribution in [2.45, 2.75) is 30.9 Å². The Labute approximate surface area is 82.0 Å². The van der Waals surface area contributed by atoms with E-state index < -0.39 is 0 Å². The Bertz CT molecular complexity index is 308. The van der Waals surface area contributed by atoms with E-state index in [-0.39, 0.29) is 4.75 Å². The van der Waals surface area contributed by atoms with Gasteiger partial charge in [-0.15, -0.1) is 0 Å². The quantitative estimate of drug-likeness (QED) is 0.752. The van der Waals surface area contributed by atoms with Gasteiger partial charge in [0, 0.05) is 10.7 Å². The molecule has 0 saturated carbocycles. The van der Waals surface area contributed by atoms with Crippen molar-refractivity contribution in [3.63, 3.8) is 0 Å². The van der Waals surface area contributed by atoms with Crippen LogP contribution >= 0.6 is 11.8 Å². The van der Waals surface area contributed by atoms with Crippen LogP contribution < -0.4 is 5.73 Å². The van der Waals surface area contributed by atoms with Gasteiger partial charge in [0.15, 0.2) is 5.76 Å². The summed E-state index contributed by atoms with van der Waals surface area (Å²) in [5.74, 6) is 2.47. The van der Waals surface area contributed by atoms with Crippen LogP contribution in [0.5, 0.6) is 0 Å². The Morgan fingerprint density at radius 1 is 1.69 bits per heavy atom. The number of hydrogen-bond acceptors (Lipinski definition) is 4. The Hall–Kier alpha value is -0.640. The first kappa shape index (κ1) is 8.94. The topological polar surface area (TPSA) is 52.0 Å². The molecule has 1 atom stereocenters. The van der Waals surface area contributed by atoms with Gasteiger partial charge in [-0.1, -0.05) is 5.16 Å². The minimum atomic E-state index is 0.230. The minimum Gasteiger partial charge on any atom is -0.395 e. The van der Waals surface area contributed by atoms with E-state index in [1.807, 2.05) is 11.8 Å². The maximum atomic E-state index is 5.78. The molecule has 1 aromatic rings. The first-order chi connectivity index (χ1) is 6.11. The number of nitrogens with two attached hydrogens (primary N) is 1. The largest absolute Gasteiger partial charge is 0.395 e. The van der Waals surface area contributed by atoms with E-state index in [9.17, 15) is 0 Å². The highest BCUT2D eigenvalue weighted by Gasteiger charge is 2.39. The predicted molar refractivity (Wildman–Crippen MR) is 54.8 cm³/mol. The molecule has 2 heterocycles. The summed E-state index contributed by atoms with van der Waals surface area (Å²) in [5.41, 5.74) is 6.47. The first-order valence-electron chi connectivity index (χ1n) is 4.45. The Morgan fingerprint density at radius 2 is 2.46 bits per heavy atom. The monoisotopic (exact) mass is 198 g/mol. The lowest BCUT2D eigenvalue weighted by Crippen LogP contribution is -2.20. The van der Waals surface area contributed by atoms with Crippen molar-refractivity contribution in [3.8, 4) is 0 Å². The van der Waals surface area contributed by atoms with Gasteiger partial charge in [-0.2, -0.15) is 11.8 Å². The molecule has 0 amide bonds. The van der Waals surface area contributed by atoms with Gasteiger partial charge in [-0.3, -0.25) is 0 Å². The summed E-state index contributed by atoms with van der Waals surface area (Å²) in [4.78, 5) is 0. The van der Waals surface area contributed by atoms with Crippen molar-refractivity contribution >= 4 is 17.4 Å². The van der Waals surface area contributed by atoms with Gasteiger partial charge in [0.25, 0.3) is 0 Å². The van der Waals surface area contributed by atoms with Crippen molar-refractivity contribution in [2.24, 2.45) is 0 Å². The molecule has 2 N–H and O–H groups in total. The molecule has 1 fully saturated rings. The van der Waals surface area contributed by atoms with Crippen molar-refractivity contribution in [1.29, 1.82) is 0 Å². The van der Waals surface area contributed by atoms with Crippen molar-refractivity contribution in [3.05, 3.63) is 12.0 Å². The lowest BCUT2D eigenvalue weighted by Gasteiger charge is -2.23. The summed E-state index contributed by atoms with van der Waals surface area (Å²) in [7, 11) is 0. The highest BCUT2D eigenvalue weighted by molar-refractivity contribution is 8.00. The molecule has 0 aliphatic carbocycles. The second-order valence-electron chi connectivity index (χ2n) is 3.94. The van der Waals surface area contributed by atoms with Crippen molar-refractivity contribution in [2.75, 3.05) is 11.5 Å².